The molecule has 2 rings (SSSR count). The Hall–Kier alpha value is -2.49. The molecule has 0 N–H and O–H groups in total. The van der Waals surface area contributed by atoms with Crippen LogP contribution in [0.3, 0.4) is 0 Å². The van der Waals surface area contributed by atoms with Crippen molar-refractivity contribution in [3.8, 4) is 0 Å². The lowest BCUT2D eigenvalue weighted by atomic mass is 10.0. The third kappa shape index (κ3) is 3.83. The van der Waals surface area contributed by atoms with Gasteiger partial charge in [0.05, 0.1) is 12.1 Å². The molecule has 0 aliphatic heterocycles. The maximum Gasteiger partial charge on any atom is 0.416 e. The molecule has 0 aliphatic rings. The summed E-state index contributed by atoms with van der Waals surface area (Å²) in [6.07, 6.45) is -3.25. The van der Waals surface area contributed by atoms with Crippen molar-refractivity contribution in [3.63, 3.8) is 0 Å². The van der Waals surface area contributed by atoms with Gasteiger partial charge in [0.25, 0.3) is 0 Å². The van der Waals surface area contributed by atoms with E-state index in [1.165, 1.54) is 31.3 Å². The van der Waals surface area contributed by atoms with Crippen LogP contribution in [0.1, 0.15) is 27.2 Å². The number of carbonyl (C=O) groups excluding carboxylic acids is 1. The van der Waals surface area contributed by atoms with Crippen LogP contribution in [0.2, 0.25) is 0 Å². The number of carbonyl (C=O) groups is 1. The van der Waals surface area contributed by atoms with Crippen molar-refractivity contribution in [1.29, 1.82) is 0 Å². The van der Waals surface area contributed by atoms with Crippen molar-refractivity contribution < 1.29 is 26.4 Å². The molecule has 6 nitrogen and oxygen atoms in total. The zero-order chi connectivity index (χ0) is 17.2. The van der Waals surface area contributed by atoms with Crippen LogP contribution in [0.25, 0.3) is 0 Å². The standard InChI is InChI=1S/C13H10F3N3O3S/c1-8-9(3-2-4-10(8)13(14,15)16)7-19-11(5-6-17-19)12(20)18-23(21)22/h2-6H,7H2,1H3. The van der Waals surface area contributed by atoms with Gasteiger partial charge in [0, 0.05) is 6.20 Å². The van der Waals surface area contributed by atoms with Crippen molar-refractivity contribution in [2.24, 2.45) is 4.36 Å². The van der Waals surface area contributed by atoms with E-state index in [0.717, 1.165) is 10.7 Å². The summed E-state index contributed by atoms with van der Waals surface area (Å²) in [6.45, 7) is 1.20. The highest BCUT2D eigenvalue weighted by atomic mass is 32.2. The lowest BCUT2D eigenvalue weighted by molar-refractivity contribution is -0.138. The zero-order valence-electron chi connectivity index (χ0n) is 11.7. The highest BCUT2D eigenvalue weighted by Gasteiger charge is 2.32. The van der Waals surface area contributed by atoms with Gasteiger partial charge in [-0.15, -0.1) is 0 Å². The van der Waals surface area contributed by atoms with Gasteiger partial charge < -0.3 is 0 Å². The average Bonchev–Trinajstić information content (AvgIpc) is 2.87. The first-order valence-electron chi connectivity index (χ1n) is 6.23. The van der Waals surface area contributed by atoms with Crippen LogP contribution in [-0.4, -0.2) is 24.1 Å². The second kappa shape index (κ2) is 6.32. The van der Waals surface area contributed by atoms with E-state index in [9.17, 15) is 26.4 Å². The van der Waals surface area contributed by atoms with E-state index >= 15 is 0 Å². The molecule has 0 unspecified atom stereocenters. The molecule has 1 aromatic carbocycles. The van der Waals surface area contributed by atoms with Crippen molar-refractivity contribution in [2.75, 3.05) is 0 Å². The normalized spacial score (nSPS) is 11.3. The third-order valence-corrected chi connectivity index (χ3v) is 3.48. The summed E-state index contributed by atoms with van der Waals surface area (Å²) in [5, 5.41) is 3.83. The van der Waals surface area contributed by atoms with E-state index in [0.29, 0.717) is 5.56 Å². The lowest BCUT2D eigenvalue weighted by Crippen LogP contribution is -2.13. The van der Waals surface area contributed by atoms with Gasteiger partial charge in [-0.1, -0.05) is 16.5 Å². The van der Waals surface area contributed by atoms with Gasteiger partial charge in [-0.2, -0.15) is 26.7 Å². The maximum atomic E-state index is 12.9. The first-order valence-corrected chi connectivity index (χ1v) is 7.26. The molecule has 0 saturated carbocycles. The molecule has 1 heterocycles. The van der Waals surface area contributed by atoms with Gasteiger partial charge >= 0.3 is 22.6 Å². The summed E-state index contributed by atoms with van der Waals surface area (Å²) in [5.41, 5.74) is -0.592. The van der Waals surface area contributed by atoms with E-state index in [-0.39, 0.29) is 17.8 Å². The molecule has 0 radical (unpaired) electrons. The van der Waals surface area contributed by atoms with Crippen molar-refractivity contribution in [2.45, 2.75) is 19.6 Å². The number of rotatable bonds is 3. The molecule has 23 heavy (non-hydrogen) atoms. The van der Waals surface area contributed by atoms with Gasteiger partial charge in [0.15, 0.2) is 0 Å². The van der Waals surface area contributed by atoms with Crippen LogP contribution in [0, 0.1) is 6.92 Å². The summed E-state index contributed by atoms with van der Waals surface area (Å²) >= 11 is 0. The molecule has 2 aromatic rings. The summed E-state index contributed by atoms with van der Waals surface area (Å²) in [7, 11) is -2.92. The van der Waals surface area contributed by atoms with Crippen LogP contribution in [0.4, 0.5) is 13.2 Å². The zero-order valence-corrected chi connectivity index (χ0v) is 12.5. The van der Waals surface area contributed by atoms with Gasteiger partial charge in [-0.25, -0.2) is 0 Å². The molecule has 0 atom stereocenters. The van der Waals surface area contributed by atoms with E-state index in [1.807, 2.05) is 0 Å². The van der Waals surface area contributed by atoms with Gasteiger partial charge in [0.2, 0.25) is 0 Å². The second-order valence-electron chi connectivity index (χ2n) is 4.58. The number of alkyl halides is 3. The average molecular weight is 345 g/mol. The largest absolute Gasteiger partial charge is 0.416 e. The van der Waals surface area contributed by atoms with E-state index in [4.69, 9.17) is 0 Å². The Kier molecular flexibility index (Phi) is 4.64. The summed E-state index contributed by atoms with van der Waals surface area (Å²) in [5.74, 6) is -1.04. The molecule has 122 valence electrons. The van der Waals surface area contributed by atoms with Crippen LogP contribution in [0.5, 0.6) is 0 Å². The molecule has 0 aliphatic carbocycles. The quantitative estimate of drug-likeness (QED) is 0.856. The highest BCUT2D eigenvalue weighted by Crippen LogP contribution is 2.33. The molecule has 0 fully saturated rings. The predicted octanol–water partition coefficient (Wildman–Crippen LogP) is 2.46. The Balaban J connectivity index is 2.41. The first-order chi connectivity index (χ1) is 10.7. The monoisotopic (exact) mass is 345 g/mol. The summed E-state index contributed by atoms with van der Waals surface area (Å²) in [4.78, 5) is 11.6. The first kappa shape index (κ1) is 16.9. The Morgan fingerprint density at radius 1 is 1.30 bits per heavy atom. The Labute approximate surface area is 130 Å². The molecular weight excluding hydrogens is 335 g/mol. The minimum absolute atomic E-state index is 0.0123. The predicted molar refractivity (Wildman–Crippen MR) is 73.2 cm³/mol. The Bertz CT molecular complexity index is 877. The fourth-order valence-electron chi connectivity index (χ4n) is 2.08. The maximum absolute atomic E-state index is 12.9. The molecule has 10 heteroatoms. The summed E-state index contributed by atoms with van der Waals surface area (Å²) in [6, 6.07) is 4.93. The fraction of sp³-hybridized carbons (Fsp3) is 0.231. The van der Waals surface area contributed by atoms with Crippen LogP contribution in [-0.2, 0) is 23.2 Å². The number of aromatic nitrogens is 2. The third-order valence-electron chi connectivity index (χ3n) is 3.16. The van der Waals surface area contributed by atoms with E-state index < -0.39 is 28.1 Å². The van der Waals surface area contributed by atoms with Gasteiger partial charge in [-0.05, 0) is 30.2 Å². The fourth-order valence-corrected chi connectivity index (χ4v) is 2.31. The Morgan fingerprint density at radius 3 is 2.61 bits per heavy atom. The van der Waals surface area contributed by atoms with Crippen LogP contribution < -0.4 is 0 Å². The minimum Gasteiger partial charge on any atom is -0.264 e. The molecule has 1 amide bonds. The molecule has 0 saturated heterocycles. The number of benzene rings is 1. The molecule has 0 bridgehead atoms. The number of nitrogens with zero attached hydrogens (tertiary/aromatic N) is 3. The minimum atomic E-state index is -4.49. The number of hydrogen-bond donors (Lipinski definition) is 0. The topological polar surface area (TPSA) is 81.4 Å². The Morgan fingerprint density at radius 2 is 2.00 bits per heavy atom. The number of halogens is 3. The number of amides is 1. The summed E-state index contributed by atoms with van der Waals surface area (Å²) < 4.78 is 63.5. The van der Waals surface area contributed by atoms with E-state index in [1.54, 1.807) is 0 Å². The van der Waals surface area contributed by atoms with Crippen molar-refractivity contribution in [1.82, 2.24) is 9.78 Å². The van der Waals surface area contributed by atoms with Crippen molar-refractivity contribution in [3.05, 3.63) is 52.8 Å². The second-order valence-corrected chi connectivity index (χ2v) is 5.19. The SMILES string of the molecule is Cc1c(Cn2nccc2C(=O)N=S(=O)=O)cccc1C(F)(F)F. The number of hydrogen-bond acceptors (Lipinski definition) is 4. The van der Waals surface area contributed by atoms with Crippen LogP contribution in [0.15, 0.2) is 34.8 Å². The molecular formula is C13H10F3N3O3S. The van der Waals surface area contributed by atoms with E-state index in [2.05, 4.69) is 9.46 Å². The van der Waals surface area contributed by atoms with Gasteiger partial charge in [-0.3, -0.25) is 9.48 Å². The van der Waals surface area contributed by atoms with Crippen LogP contribution >= 0.6 is 0 Å². The molecule has 0 spiro atoms. The smallest absolute Gasteiger partial charge is 0.264 e. The van der Waals surface area contributed by atoms with Crippen molar-refractivity contribution >= 4 is 16.4 Å². The highest BCUT2D eigenvalue weighted by molar-refractivity contribution is 7.62. The van der Waals surface area contributed by atoms with Gasteiger partial charge in [0.1, 0.15) is 5.69 Å². The molecule has 1 aromatic heterocycles. The lowest BCUT2D eigenvalue weighted by Gasteiger charge is -2.14.